The normalized spacial score (nSPS) is 16.8. The molecule has 1 heterocycles. The number of carbonyl (C=O) groups is 3. The second kappa shape index (κ2) is 10.3. The second-order valence-electron chi connectivity index (χ2n) is 7.44. The zero-order valence-corrected chi connectivity index (χ0v) is 17.8. The first-order valence-corrected chi connectivity index (χ1v) is 9.81. The zero-order valence-electron chi connectivity index (χ0n) is 17.8. The highest BCUT2D eigenvalue weighted by molar-refractivity contribution is 6.00. The lowest BCUT2D eigenvalue weighted by atomic mass is 9.96. The Kier molecular flexibility index (Phi) is 8.01. The van der Waals surface area contributed by atoms with Gasteiger partial charge in [0.15, 0.2) is 0 Å². The molecule has 2 atom stereocenters. The molecule has 1 aromatic carbocycles. The van der Waals surface area contributed by atoms with Gasteiger partial charge in [0.2, 0.25) is 0 Å². The molecule has 2 amide bonds. The van der Waals surface area contributed by atoms with Crippen LogP contribution in [0.5, 0.6) is 0 Å². The van der Waals surface area contributed by atoms with Gasteiger partial charge in [-0.25, -0.2) is 9.59 Å². The minimum atomic E-state index is -0.957. The number of rotatable bonds is 7. The van der Waals surface area contributed by atoms with Crippen molar-refractivity contribution in [2.75, 3.05) is 43.1 Å². The van der Waals surface area contributed by atoms with Gasteiger partial charge in [0.1, 0.15) is 0 Å². The number of aliphatic carboxylic acids is 1. The molecule has 0 radical (unpaired) electrons. The molecule has 0 aliphatic carbocycles. The van der Waals surface area contributed by atoms with Crippen LogP contribution in [0, 0.1) is 0 Å². The van der Waals surface area contributed by atoms with Gasteiger partial charge in [0.05, 0.1) is 43.7 Å². The Morgan fingerprint density at radius 1 is 1.27 bits per heavy atom. The van der Waals surface area contributed by atoms with Crippen molar-refractivity contribution in [2.24, 2.45) is 5.73 Å². The third-order valence-electron chi connectivity index (χ3n) is 4.79. The molecule has 0 fully saturated rings. The van der Waals surface area contributed by atoms with E-state index in [2.05, 4.69) is 5.32 Å². The fourth-order valence-corrected chi connectivity index (χ4v) is 3.40. The number of hydrogen-bond donors (Lipinski definition) is 3. The monoisotopic (exact) mass is 422 g/mol. The number of carboxylic acid groups (broad SMARTS) is 1. The van der Waals surface area contributed by atoms with E-state index in [0.717, 1.165) is 5.56 Å². The van der Waals surface area contributed by atoms with E-state index < -0.39 is 18.2 Å². The Hall–Kier alpha value is -2.85. The quantitative estimate of drug-likeness (QED) is 0.605. The van der Waals surface area contributed by atoms with E-state index in [9.17, 15) is 14.4 Å². The Bertz CT molecular complexity index is 785. The number of hydrogen-bond acceptors (Lipinski definition) is 7. The van der Waals surface area contributed by atoms with Gasteiger partial charge in [-0.2, -0.15) is 0 Å². The molecule has 0 saturated heterocycles. The van der Waals surface area contributed by atoms with E-state index in [1.54, 1.807) is 26.0 Å². The summed E-state index contributed by atoms with van der Waals surface area (Å²) in [6.45, 7) is 6.05. The Balaban J connectivity index is 2.44. The maximum atomic E-state index is 12.7. The van der Waals surface area contributed by atoms with E-state index in [4.69, 9.17) is 20.3 Å². The molecule has 10 nitrogen and oxygen atoms in total. The topological polar surface area (TPSA) is 134 Å². The summed E-state index contributed by atoms with van der Waals surface area (Å²) >= 11 is 0. The lowest BCUT2D eigenvalue weighted by molar-refractivity contribution is -0.135. The molecule has 1 aliphatic rings. The van der Waals surface area contributed by atoms with Gasteiger partial charge >= 0.3 is 18.2 Å². The highest BCUT2D eigenvalue weighted by atomic mass is 16.6. The van der Waals surface area contributed by atoms with Gasteiger partial charge < -0.3 is 25.6 Å². The number of nitrogens with two attached hydrogens (primary N) is 1. The van der Waals surface area contributed by atoms with Crippen LogP contribution < -0.4 is 20.9 Å². The maximum absolute atomic E-state index is 12.7. The fourth-order valence-electron chi connectivity index (χ4n) is 3.40. The van der Waals surface area contributed by atoms with Crippen LogP contribution in [0.3, 0.4) is 0 Å². The highest BCUT2D eigenvalue weighted by Crippen LogP contribution is 2.38. The van der Waals surface area contributed by atoms with Gasteiger partial charge in [-0.3, -0.25) is 14.6 Å². The lowest BCUT2D eigenvalue weighted by Gasteiger charge is -2.40. The van der Waals surface area contributed by atoms with Gasteiger partial charge in [-0.15, -0.1) is 0 Å². The van der Waals surface area contributed by atoms with Gasteiger partial charge in [-0.05, 0) is 38.5 Å². The number of nitrogens with zero attached hydrogens (tertiary/aromatic N) is 2. The number of carboxylic acids is 1. The van der Waals surface area contributed by atoms with Crippen LogP contribution >= 0.6 is 0 Å². The lowest BCUT2D eigenvalue weighted by Crippen LogP contribution is -2.52. The van der Waals surface area contributed by atoms with E-state index in [1.165, 1.54) is 16.9 Å². The predicted molar refractivity (Wildman–Crippen MR) is 112 cm³/mol. The SMILES string of the molecule is COC(=O)N1c2ccc(C(CN)CNCC(=O)O)cc2N(C(=O)OC(C)C)C[C@@H]1C. The van der Waals surface area contributed by atoms with Crippen LogP contribution in [0.2, 0.25) is 0 Å². The molecule has 2 rings (SSSR count). The molecule has 4 N–H and O–H groups in total. The fraction of sp³-hybridized carbons (Fsp3) is 0.550. The summed E-state index contributed by atoms with van der Waals surface area (Å²) in [6.07, 6.45) is -1.32. The number of nitrogens with one attached hydrogen (secondary N) is 1. The summed E-state index contributed by atoms with van der Waals surface area (Å²) in [5, 5.41) is 11.7. The zero-order chi connectivity index (χ0) is 22.4. The summed E-state index contributed by atoms with van der Waals surface area (Å²) in [7, 11) is 1.31. The molecule has 10 heteroatoms. The first kappa shape index (κ1) is 23.4. The smallest absolute Gasteiger partial charge is 0.414 e. The number of anilines is 2. The standard InChI is InChI=1S/C20H30N4O6/c1-12(2)30-19(27)23-11-13(3)24(20(28)29-4)16-6-5-14(7-17(16)23)15(8-21)9-22-10-18(25)26/h5-7,12-13,15,22H,8-11,21H2,1-4H3,(H,25,26)/t13-,15?/m0/s1. The maximum Gasteiger partial charge on any atom is 0.414 e. The van der Waals surface area contributed by atoms with Crippen molar-refractivity contribution < 1.29 is 29.0 Å². The average Bonchev–Trinajstić information content (AvgIpc) is 2.69. The van der Waals surface area contributed by atoms with Crippen molar-refractivity contribution in [2.45, 2.75) is 38.8 Å². The predicted octanol–water partition coefficient (Wildman–Crippen LogP) is 1.73. The number of benzene rings is 1. The Morgan fingerprint density at radius 2 is 1.97 bits per heavy atom. The van der Waals surface area contributed by atoms with Crippen molar-refractivity contribution in [1.29, 1.82) is 0 Å². The summed E-state index contributed by atoms with van der Waals surface area (Å²) in [6, 6.07) is 5.03. The second-order valence-corrected chi connectivity index (χ2v) is 7.44. The van der Waals surface area contributed by atoms with Gasteiger partial charge in [-0.1, -0.05) is 6.07 Å². The average molecular weight is 422 g/mol. The van der Waals surface area contributed by atoms with E-state index in [-0.39, 0.29) is 37.7 Å². The molecule has 0 bridgehead atoms. The molecule has 1 unspecified atom stereocenters. The Labute approximate surface area is 175 Å². The first-order chi connectivity index (χ1) is 14.2. The molecule has 1 aromatic rings. The van der Waals surface area contributed by atoms with Gasteiger partial charge in [0.25, 0.3) is 0 Å². The molecular weight excluding hydrogens is 392 g/mol. The van der Waals surface area contributed by atoms with Crippen LogP contribution in [0.15, 0.2) is 18.2 Å². The number of ether oxygens (including phenoxy) is 2. The van der Waals surface area contributed by atoms with Crippen molar-refractivity contribution in [1.82, 2.24) is 5.32 Å². The first-order valence-electron chi connectivity index (χ1n) is 9.81. The van der Waals surface area contributed by atoms with E-state index in [0.29, 0.717) is 17.9 Å². The van der Waals surface area contributed by atoms with Crippen LogP contribution in [-0.2, 0) is 14.3 Å². The van der Waals surface area contributed by atoms with E-state index in [1.807, 2.05) is 13.0 Å². The van der Waals surface area contributed by atoms with Crippen LogP contribution in [0.25, 0.3) is 0 Å². The molecule has 0 spiro atoms. The van der Waals surface area contributed by atoms with Crippen molar-refractivity contribution >= 4 is 29.5 Å². The molecular formula is C20H30N4O6. The van der Waals surface area contributed by atoms with Crippen molar-refractivity contribution in [3.63, 3.8) is 0 Å². The molecule has 0 saturated carbocycles. The minimum Gasteiger partial charge on any atom is -0.480 e. The summed E-state index contributed by atoms with van der Waals surface area (Å²) < 4.78 is 10.3. The molecule has 30 heavy (non-hydrogen) atoms. The summed E-state index contributed by atoms with van der Waals surface area (Å²) in [4.78, 5) is 38.8. The van der Waals surface area contributed by atoms with Gasteiger partial charge in [0, 0.05) is 19.0 Å². The highest BCUT2D eigenvalue weighted by Gasteiger charge is 2.36. The Morgan fingerprint density at radius 3 is 2.53 bits per heavy atom. The summed E-state index contributed by atoms with van der Waals surface area (Å²) in [5.41, 5.74) is 7.76. The van der Waals surface area contributed by atoms with Crippen molar-refractivity contribution in [3.8, 4) is 0 Å². The number of amides is 2. The molecule has 166 valence electrons. The van der Waals surface area contributed by atoms with E-state index >= 15 is 0 Å². The third-order valence-corrected chi connectivity index (χ3v) is 4.79. The van der Waals surface area contributed by atoms with Crippen LogP contribution in [0.1, 0.15) is 32.3 Å². The minimum absolute atomic E-state index is 0.177. The number of fused-ring (bicyclic) bond motifs is 1. The molecule has 1 aliphatic heterocycles. The number of carbonyl (C=O) groups excluding carboxylic acids is 2. The van der Waals surface area contributed by atoms with Crippen molar-refractivity contribution in [3.05, 3.63) is 23.8 Å². The number of methoxy groups -OCH3 is 1. The molecule has 0 aromatic heterocycles. The summed E-state index contributed by atoms with van der Waals surface area (Å²) in [5.74, 6) is -1.13. The van der Waals surface area contributed by atoms with Crippen LogP contribution in [0.4, 0.5) is 21.0 Å². The third kappa shape index (κ3) is 5.39. The largest absolute Gasteiger partial charge is 0.480 e. The van der Waals surface area contributed by atoms with Crippen LogP contribution in [-0.4, -0.2) is 68.7 Å².